The summed E-state index contributed by atoms with van der Waals surface area (Å²) in [5.41, 5.74) is 3.09. The zero-order valence-electron chi connectivity index (χ0n) is 18.4. The van der Waals surface area contributed by atoms with Crippen LogP contribution in [0.2, 0.25) is 0 Å². The molecule has 1 aliphatic heterocycles. The predicted octanol–water partition coefficient (Wildman–Crippen LogP) is 2.69. The number of carbonyl (C=O) groups is 1. The number of rotatable bonds is 5. The second-order valence-corrected chi connectivity index (χ2v) is 8.64. The van der Waals surface area contributed by atoms with Crippen LogP contribution in [-0.4, -0.2) is 60.7 Å². The van der Waals surface area contributed by atoms with Gasteiger partial charge in [-0.05, 0) is 45.1 Å². The molecule has 162 valence electrons. The van der Waals surface area contributed by atoms with Crippen LogP contribution in [0.3, 0.4) is 0 Å². The molecule has 1 amide bonds. The van der Waals surface area contributed by atoms with Crippen molar-refractivity contribution in [3.05, 3.63) is 71.9 Å². The van der Waals surface area contributed by atoms with Gasteiger partial charge in [-0.25, -0.2) is 0 Å². The van der Waals surface area contributed by atoms with E-state index in [1.165, 1.54) is 0 Å². The van der Waals surface area contributed by atoms with Crippen molar-refractivity contribution >= 4 is 22.5 Å². The molecule has 31 heavy (non-hydrogen) atoms. The standard InChI is InChI=1S/C25H30N4O2/c1-18-15-22(20-11-7-8-12-21(20)26-18)29-14-13-25(23(30)16-29,19-9-5-4-6-10-19)27-24(31)17-28(2)3/h4-12,15,23,30H,13-14,16-17H2,1-3H3,(H,27,31)/t23-,25-/m1/s1. The fraction of sp³-hybridized carbons (Fsp3) is 0.360. The number of nitrogens with one attached hydrogen (secondary N) is 1. The lowest BCUT2D eigenvalue weighted by Crippen LogP contribution is -2.63. The van der Waals surface area contributed by atoms with Gasteiger partial charge in [-0.1, -0.05) is 48.5 Å². The Labute approximate surface area is 183 Å². The lowest BCUT2D eigenvalue weighted by molar-refractivity contribution is -0.126. The van der Waals surface area contributed by atoms with E-state index in [1.807, 2.05) is 74.4 Å². The second-order valence-electron chi connectivity index (χ2n) is 8.64. The average molecular weight is 419 g/mol. The highest BCUT2D eigenvalue weighted by Crippen LogP contribution is 2.37. The zero-order valence-corrected chi connectivity index (χ0v) is 18.4. The minimum absolute atomic E-state index is 0.0911. The van der Waals surface area contributed by atoms with E-state index in [9.17, 15) is 9.90 Å². The summed E-state index contributed by atoms with van der Waals surface area (Å²) < 4.78 is 0. The largest absolute Gasteiger partial charge is 0.388 e. The highest BCUT2D eigenvalue weighted by molar-refractivity contribution is 5.92. The van der Waals surface area contributed by atoms with Gasteiger partial charge in [0.15, 0.2) is 0 Å². The van der Waals surface area contributed by atoms with Gasteiger partial charge in [0.2, 0.25) is 5.91 Å². The van der Waals surface area contributed by atoms with Crippen LogP contribution in [-0.2, 0) is 10.3 Å². The van der Waals surface area contributed by atoms with Crippen LogP contribution in [0.15, 0.2) is 60.7 Å². The number of hydrogen-bond acceptors (Lipinski definition) is 5. The minimum Gasteiger partial charge on any atom is -0.388 e. The van der Waals surface area contributed by atoms with Crippen LogP contribution < -0.4 is 10.2 Å². The molecule has 0 bridgehead atoms. The van der Waals surface area contributed by atoms with E-state index in [0.717, 1.165) is 27.8 Å². The van der Waals surface area contributed by atoms with Gasteiger partial charge in [-0.15, -0.1) is 0 Å². The Hall–Kier alpha value is -2.96. The van der Waals surface area contributed by atoms with Crippen LogP contribution in [0, 0.1) is 6.92 Å². The Bertz CT molecular complexity index is 1070. The molecule has 2 N–H and O–H groups in total. The fourth-order valence-corrected chi connectivity index (χ4v) is 4.57. The van der Waals surface area contributed by atoms with Crippen molar-refractivity contribution < 1.29 is 9.90 Å². The van der Waals surface area contributed by atoms with E-state index in [1.54, 1.807) is 0 Å². The van der Waals surface area contributed by atoms with Crippen molar-refractivity contribution in [2.24, 2.45) is 0 Å². The van der Waals surface area contributed by atoms with E-state index >= 15 is 0 Å². The van der Waals surface area contributed by atoms with E-state index in [4.69, 9.17) is 0 Å². The summed E-state index contributed by atoms with van der Waals surface area (Å²) in [5.74, 6) is -0.0911. The molecule has 0 spiro atoms. The highest BCUT2D eigenvalue weighted by atomic mass is 16.3. The number of nitrogens with zero attached hydrogens (tertiary/aromatic N) is 3. The number of aromatic nitrogens is 1. The number of para-hydroxylation sites is 1. The lowest BCUT2D eigenvalue weighted by Gasteiger charge is -2.47. The number of anilines is 1. The van der Waals surface area contributed by atoms with Crippen LogP contribution in [0.4, 0.5) is 5.69 Å². The average Bonchev–Trinajstić information content (AvgIpc) is 2.74. The number of fused-ring (bicyclic) bond motifs is 1. The first-order chi connectivity index (χ1) is 14.9. The van der Waals surface area contributed by atoms with Crippen LogP contribution in [0.5, 0.6) is 0 Å². The van der Waals surface area contributed by atoms with Gasteiger partial charge in [0.25, 0.3) is 0 Å². The van der Waals surface area contributed by atoms with Crippen LogP contribution in [0.25, 0.3) is 10.9 Å². The maximum absolute atomic E-state index is 12.7. The van der Waals surface area contributed by atoms with Crippen molar-refractivity contribution in [2.75, 3.05) is 38.6 Å². The lowest BCUT2D eigenvalue weighted by atomic mass is 9.78. The molecule has 2 heterocycles. The van der Waals surface area contributed by atoms with Crippen LogP contribution in [0.1, 0.15) is 17.7 Å². The van der Waals surface area contributed by atoms with Gasteiger partial charge in [-0.2, -0.15) is 0 Å². The number of amides is 1. The summed E-state index contributed by atoms with van der Waals surface area (Å²) in [4.78, 5) is 21.4. The van der Waals surface area contributed by atoms with Gasteiger partial charge in [-0.3, -0.25) is 9.78 Å². The Balaban J connectivity index is 1.67. The number of aliphatic hydroxyl groups excluding tert-OH is 1. The van der Waals surface area contributed by atoms with Crippen molar-refractivity contribution in [1.29, 1.82) is 0 Å². The summed E-state index contributed by atoms with van der Waals surface area (Å²) in [6.07, 6.45) is -0.158. The fourth-order valence-electron chi connectivity index (χ4n) is 4.57. The molecule has 6 heteroatoms. The SMILES string of the molecule is Cc1cc(N2CC[C@@](NC(=O)CN(C)C)(c3ccccc3)[C@H](O)C2)c2ccccc2n1. The Morgan fingerprint density at radius 1 is 1.19 bits per heavy atom. The zero-order chi connectivity index (χ0) is 22.0. The predicted molar refractivity (Wildman–Crippen MR) is 124 cm³/mol. The smallest absolute Gasteiger partial charge is 0.234 e. The van der Waals surface area contributed by atoms with Gasteiger partial charge in [0.1, 0.15) is 0 Å². The first-order valence-corrected chi connectivity index (χ1v) is 10.7. The molecule has 0 saturated carbocycles. The molecule has 1 aromatic heterocycles. The van der Waals surface area contributed by atoms with Crippen molar-refractivity contribution in [3.8, 4) is 0 Å². The minimum atomic E-state index is -0.817. The van der Waals surface area contributed by atoms with Crippen molar-refractivity contribution in [3.63, 3.8) is 0 Å². The molecule has 6 nitrogen and oxygen atoms in total. The number of likely N-dealkylation sites (N-methyl/N-ethyl adjacent to an activating group) is 1. The van der Waals surface area contributed by atoms with E-state index in [0.29, 0.717) is 19.5 Å². The molecule has 0 unspecified atom stereocenters. The number of β-amino-alcohol motifs (C(OH)–C–C–N with tert-alkyl or cyclic N) is 1. The summed E-state index contributed by atoms with van der Waals surface area (Å²) in [6.45, 7) is 3.40. The molecular weight excluding hydrogens is 388 g/mol. The molecule has 2 aromatic carbocycles. The maximum Gasteiger partial charge on any atom is 0.234 e. The summed E-state index contributed by atoms with van der Waals surface area (Å²) >= 11 is 0. The van der Waals surface area contributed by atoms with E-state index < -0.39 is 11.6 Å². The third-order valence-corrected chi connectivity index (χ3v) is 6.01. The van der Waals surface area contributed by atoms with Gasteiger partial charge in [0.05, 0.1) is 23.7 Å². The first kappa shape index (κ1) is 21.3. The van der Waals surface area contributed by atoms with Crippen LogP contribution >= 0.6 is 0 Å². The van der Waals surface area contributed by atoms with Gasteiger partial charge >= 0.3 is 0 Å². The Kier molecular flexibility index (Phi) is 5.94. The molecule has 3 aromatic rings. The van der Waals surface area contributed by atoms with Gasteiger partial charge in [0, 0.05) is 29.9 Å². The summed E-state index contributed by atoms with van der Waals surface area (Å²) in [5, 5.41) is 15.7. The number of carbonyl (C=O) groups excluding carboxylic acids is 1. The summed E-state index contributed by atoms with van der Waals surface area (Å²) in [7, 11) is 3.73. The molecule has 1 fully saturated rings. The monoisotopic (exact) mass is 418 g/mol. The number of aryl methyl sites for hydroxylation is 1. The Morgan fingerprint density at radius 3 is 2.61 bits per heavy atom. The molecular formula is C25H30N4O2. The summed E-state index contributed by atoms with van der Waals surface area (Å²) in [6, 6.07) is 20.0. The maximum atomic E-state index is 12.7. The number of aliphatic hydroxyl groups is 1. The first-order valence-electron chi connectivity index (χ1n) is 10.7. The van der Waals surface area contributed by atoms with Crippen molar-refractivity contribution in [1.82, 2.24) is 15.2 Å². The van der Waals surface area contributed by atoms with E-state index in [-0.39, 0.29) is 12.5 Å². The molecule has 4 rings (SSSR count). The Morgan fingerprint density at radius 2 is 1.90 bits per heavy atom. The highest BCUT2D eigenvalue weighted by Gasteiger charge is 2.45. The molecule has 1 aliphatic rings. The molecule has 0 aliphatic carbocycles. The number of hydrogen-bond donors (Lipinski definition) is 2. The normalized spacial score (nSPS) is 21.5. The van der Waals surface area contributed by atoms with E-state index in [2.05, 4.69) is 27.3 Å². The number of pyridine rings is 1. The third kappa shape index (κ3) is 4.27. The molecule has 2 atom stereocenters. The third-order valence-electron chi connectivity index (χ3n) is 6.01. The second kappa shape index (κ2) is 8.65. The molecule has 1 saturated heterocycles. The van der Waals surface area contributed by atoms with Crippen molar-refractivity contribution in [2.45, 2.75) is 25.0 Å². The topological polar surface area (TPSA) is 68.7 Å². The molecule has 0 radical (unpaired) electrons. The van der Waals surface area contributed by atoms with Gasteiger partial charge < -0.3 is 20.2 Å². The number of benzene rings is 2. The number of piperidine rings is 1. The quantitative estimate of drug-likeness (QED) is 0.667.